The van der Waals surface area contributed by atoms with Crippen molar-refractivity contribution >= 4 is 44.9 Å². The van der Waals surface area contributed by atoms with E-state index in [9.17, 15) is 4.79 Å². The molecule has 20 heavy (non-hydrogen) atoms. The number of halogens is 1. The summed E-state index contributed by atoms with van der Waals surface area (Å²) in [7, 11) is 0. The molecule has 102 valence electrons. The van der Waals surface area contributed by atoms with Crippen LogP contribution in [0.1, 0.15) is 15.9 Å². The highest BCUT2D eigenvalue weighted by molar-refractivity contribution is 9.10. The summed E-state index contributed by atoms with van der Waals surface area (Å²) in [4.78, 5) is 12.0. The highest BCUT2D eigenvalue weighted by atomic mass is 79.9. The fourth-order valence-corrected chi connectivity index (χ4v) is 2.26. The highest BCUT2D eigenvalue weighted by Gasteiger charge is 2.08. The number of benzene rings is 2. The van der Waals surface area contributed by atoms with Gasteiger partial charge in [0.05, 0.1) is 5.69 Å². The molecule has 0 saturated heterocycles. The topological polar surface area (TPSA) is 41.1 Å². The number of rotatable bonds is 2. The molecule has 0 aliphatic carbocycles. The number of carbonyl (C=O) groups excluding carboxylic acids is 1. The van der Waals surface area contributed by atoms with Crippen LogP contribution in [0.25, 0.3) is 0 Å². The second-order valence-electron chi connectivity index (χ2n) is 4.26. The van der Waals surface area contributed by atoms with Crippen LogP contribution in [0, 0.1) is 6.92 Å². The van der Waals surface area contributed by atoms with Crippen molar-refractivity contribution in [2.24, 2.45) is 0 Å². The molecule has 0 aliphatic rings. The molecule has 0 aliphatic heterocycles. The van der Waals surface area contributed by atoms with Gasteiger partial charge in [-0.2, -0.15) is 0 Å². The first kappa shape index (κ1) is 14.7. The van der Waals surface area contributed by atoms with Crippen LogP contribution in [-0.4, -0.2) is 11.0 Å². The molecule has 0 saturated carbocycles. The number of hydrogen-bond acceptors (Lipinski definition) is 2. The van der Waals surface area contributed by atoms with Crippen molar-refractivity contribution in [1.29, 1.82) is 0 Å². The van der Waals surface area contributed by atoms with E-state index in [0.29, 0.717) is 5.56 Å². The third-order valence-electron chi connectivity index (χ3n) is 2.63. The Morgan fingerprint density at radius 3 is 2.60 bits per heavy atom. The summed E-state index contributed by atoms with van der Waals surface area (Å²) in [6.45, 7) is 1.94. The number of anilines is 1. The summed E-state index contributed by atoms with van der Waals surface area (Å²) in [5.41, 5.74) is 2.42. The van der Waals surface area contributed by atoms with Crippen LogP contribution in [-0.2, 0) is 0 Å². The summed E-state index contributed by atoms with van der Waals surface area (Å²) >= 11 is 8.55. The fourth-order valence-electron chi connectivity index (χ4n) is 1.68. The molecular weight excluding hydrogens is 336 g/mol. The van der Waals surface area contributed by atoms with Gasteiger partial charge in [-0.25, -0.2) is 0 Å². The summed E-state index contributed by atoms with van der Waals surface area (Å²) in [6.07, 6.45) is 0. The van der Waals surface area contributed by atoms with Gasteiger partial charge in [-0.3, -0.25) is 10.1 Å². The van der Waals surface area contributed by atoms with Crippen molar-refractivity contribution < 1.29 is 4.79 Å². The molecule has 2 rings (SSSR count). The molecule has 3 nitrogen and oxygen atoms in total. The van der Waals surface area contributed by atoms with Crippen molar-refractivity contribution in [1.82, 2.24) is 5.32 Å². The molecule has 0 fully saturated rings. The van der Waals surface area contributed by atoms with Crippen molar-refractivity contribution in [3.05, 3.63) is 64.1 Å². The monoisotopic (exact) mass is 348 g/mol. The van der Waals surface area contributed by atoms with Gasteiger partial charge in [-0.05, 0) is 59.3 Å². The SMILES string of the molecule is Cc1cccc(C(=O)NC(=S)Nc2ccccc2Br)c1. The van der Waals surface area contributed by atoms with E-state index in [0.717, 1.165) is 15.7 Å². The van der Waals surface area contributed by atoms with Crippen molar-refractivity contribution in [2.75, 3.05) is 5.32 Å². The number of hydrogen-bond donors (Lipinski definition) is 2. The number of carbonyl (C=O) groups is 1. The number of aryl methyl sites for hydroxylation is 1. The number of amides is 1. The van der Waals surface area contributed by atoms with E-state index in [4.69, 9.17) is 12.2 Å². The summed E-state index contributed by atoms with van der Waals surface area (Å²) in [5.74, 6) is -0.224. The molecule has 0 aromatic heterocycles. The minimum atomic E-state index is -0.224. The number of thiocarbonyl (C=S) groups is 1. The Hall–Kier alpha value is -1.72. The van der Waals surface area contributed by atoms with Crippen LogP contribution < -0.4 is 10.6 Å². The molecule has 0 radical (unpaired) electrons. The average molecular weight is 349 g/mol. The van der Waals surface area contributed by atoms with Crippen LogP contribution in [0.4, 0.5) is 5.69 Å². The van der Waals surface area contributed by atoms with Crippen molar-refractivity contribution in [3.8, 4) is 0 Å². The lowest BCUT2D eigenvalue weighted by atomic mass is 10.1. The lowest BCUT2D eigenvalue weighted by molar-refractivity contribution is 0.0977. The highest BCUT2D eigenvalue weighted by Crippen LogP contribution is 2.20. The predicted octanol–water partition coefficient (Wildman–Crippen LogP) is 3.88. The van der Waals surface area contributed by atoms with Gasteiger partial charge in [-0.15, -0.1) is 0 Å². The molecule has 2 aromatic rings. The molecule has 0 atom stereocenters. The van der Waals surface area contributed by atoms with Gasteiger partial charge in [0, 0.05) is 10.0 Å². The summed E-state index contributed by atoms with van der Waals surface area (Å²) in [6, 6.07) is 14.9. The van der Waals surface area contributed by atoms with Gasteiger partial charge in [0.1, 0.15) is 0 Å². The van der Waals surface area contributed by atoms with Crippen molar-refractivity contribution in [2.45, 2.75) is 6.92 Å². The zero-order valence-electron chi connectivity index (χ0n) is 10.8. The zero-order valence-corrected chi connectivity index (χ0v) is 13.2. The molecule has 0 heterocycles. The molecular formula is C15H13BrN2OS. The molecule has 2 aromatic carbocycles. The van der Waals surface area contributed by atoms with Crippen LogP contribution in [0.2, 0.25) is 0 Å². The first-order chi connectivity index (χ1) is 9.56. The molecule has 0 bridgehead atoms. The van der Waals surface area contributed by atoms with E-state index < -0.39 is 0 Å². The largest absolute Gasteiger partial charge is 0.331 e. The second kappa shape index (κ2) is 6.63. The Bertz CT molecular complexity index is 658. The Morgan fingerprint density at radius 1 is 1.15 bits per heavy atom. The molecule has 1 amide bonds. The second-order valence-corrected chi connectivity index (χ2v) is 5.52. The van der Waals surface area contributed by atoms with E-state index >= 15 is 0 Å². The zero-order chi connectivity index (χ0) is 14.5. The maximum atomic E-state index is 12.0. The third kappa shape index (κ3) is 3.88. The minimum absolute atomic E-state index is 0.224. The summed E-state index contributed by atoms with van der Waals surface area (Å²) < 4.78 is 0.882. The molecule has 5 heteroatoms. The smallest absolute Gasteiger partial charge is 0.257 e. The first-order valence-corrected chi connectivity index (χ1v) is 7.20. The Balaban J connectivity index is 2.02. The van der Waals surface area contributed by atoms with Crippen molar-refractivity contribution in [3.63, 3.8) is 0 Å². The standard InChI is InChI=1S/C15H13BrN2OS/c1-10-5-4-6-11(9-10)14(19)18-15(20)17-13-8-3-2-7-12(13)16/h2-9H,1H3,(H2,17,18,19,20). The van der Waals surface area contributed by atoms with E-state index in [1.54, 1.807) is 6.07 Å². The predicted molar refractivity (Wildman–Crippen MR) is 89.0 cm³/mol. The maximum absolute atomic E-state index is 12.0. The van der Waals surface area contributed by atoms with Gasteiger partial charge >= 0.3 is 0 Å². The third-order valence-corrected chi connectivity index (χ3v) is 3.53. The van der Waals surface area contributed by atoms with Gasteiger partial charge in [0.15, 0.2) is 5.11 Å². The van der Waals surface area contributed by atoms with E-state index in [1.165, 1.54) is 0 Å². The lowest BCUT2D eigenvalue weighted by Crippen LogP contribution is -2.34. The number of nitrogens with one attached hydrogen (secondary N) is 2. The van der Waals surface area contributed by atoms with Crippen LogP contribution >= 0.6 is 28.1 Å². The van der Waals surface area contributed by atoms with E-state index in [1.807, 2.05) is 49.4 Å². The quantitative estimate of drug-likeness (QED) is 0.809. The summed E-state index contributed by atoms with van der Waals surface area (Å²) in [5, 5.41) is 5.90. The van der Waals surface area contributed by atoms with Crippen LogP contribution in [0.3, 0.4) is 0 Å². The van der Waals surface area contributed by atoms with Gasteiger partial charge < -0.3 is 5.32 Å². The maximum Gasteiger partial charge on any atom is 0.257 e. The molecule has 0 spiro atoms. The molecule has 0 unspecified atom stereocenters. The number of para-hydroxylation sites is 1. The van der Waals surface area contributed by atoms with Crippen LogP contribution in [0.5, 0.6) is 0 Å². The van der Waals surface area contributed by atoms with Crippen LogP contribution in [0.15, 0.2) is 53.0 Å². The Morgan fingerprint density at radius 2 is 1.90 bits per heavy atom. The lowest BCUT2D eigenvalue weighted by Gasteiger charge is -2.11. The fraction of sp³-hybridized carbons (Fsp3) is 0.0667. The normalized spacial score (nSPS) is 9.90. The van der Waals surface area contributed by atoms with E-state index in [2.05, 4.69) is 26.6 Å². The van der Waals surface area contributed by atoms with Gasteiger partial charge in [0.2, 0.25) is 0 Å². The van der Waals surface area contributed by atoms with Gasteiger partial charge in [-0.1, -0.05) is 29.8 Å². The Kier molecular flexibility index (Phi) is 4.87. The van der Waals surface area contributed by atoms with E-state index in [-0.39, 0.29) is 11.0 Å². The Labute approximate surface area is 131 Å². The molecule has 2 N–H and O–H groups in total. The average Bonchev–Trinajstić information content (AvgIpc) is 2.41. The minimum Gasteiger partial charge on any atom is -0.331 e. The van der Waals surface area contributed by atoms with Gasteiger partial charge in [0.25, 0.3) is 5.91 Å². The first-order valence-electron chi connectivity index (χ1n) is 6.00.